The lowest BCUT2D eigenvalue weighted by Gasteiger charge is -2.44. The van der Waals surface area contributed by atoms with Gasteiger partial charge in [-0.2, -0.15) is 13.2 Å². The zero-order valence-corrected chi connectivity index (χ0v) is 28.9. The van der Waals surface area contributed by atoms with Gasteiger partial charge in [0.2, 0.25) is 6.29 Å². The van der Waals surface area contributed by atoms with Crippen LogP contribution in [0.2, 0.25) is 0 Å². The maximum absolute atomic E-state index is 14.6. The fourth-order valence-corrected chi connectivity index (χ4v) is 5.28. The van der Waals surface area contributed by atoms with E-state index in [4.69, 9.17) is 28.4 Å². The number of rotatable bonds is 14. The molecule has 0 amide bonds. The third-order valence-electron chi connectivity index (χ3n) is 7.92. The van der Waals surface area contributed by atoms with Gasteiger partial charge in [0.05, 0.1) is 29.8 Å². The summed E-state index contributed by atoms with van der Waals surface area (Å²) >= 11 is 0. The number of aliphatic imine (C=N–C) groups is 1. The van der Waals surface area contributed by atoms with E-state index in [0.29, 0.717) is 5.56 Å². The molecule has 1 aliphatic heterocycles. The molecule has 0 spiro atoms. The third kappa shape index (κ3) is 11.3. The number of ketones is 1. The molecule has 54 heavy (non-hydrogen) atoms. The van der Waals surface area contributed by atoms with Crippen molar-refractivity contribution in [1.82, 2.24) is 0 Å². The fourth-order valence-electron chi connectivity index (χ4n) is 5.28. The van der Waals surface area contributed by atoms with Gasteiger partial charge in [-0.3, -0.25) is 4.79 Å². The molecule has 11 nitrogen and oxygen atoms in total. The van der Waals surface area contributed by atoms with E-state index in [9.17, 15) is 32.3 Å². The van der Waals surface area contributed by atoms with Crippen LogP contribution in [-0.4, -0.2) is 73.1 Å². The van der Waals surface area contributed by atoms with E-state index >= 15 is 0 Å². The van der Waals surface area contributed by atoms with Crippen molar-refractivity contribution in [2.45, 2.75) is 63.3 Å². The van der Waals surface area contributed by atoms with Gasteiger partial charge in [0.15, 0.2) is 18.3 Å². The Labute approximate surface area is 308 Å². The summed E-state index contributed by atoms with van der Waals surface area (Å²) in [6.45, 7) is 0.314. The Morgan fingerprint density at radius 3 is 1.80 bits per heavy atom. The SMILES string of the molecule is CC(=O)CCC(=O)OC1C(OCc2ccccc2)[C@H](O/C(=N/c2ccccc2)C(F)(F)F)OC(COC(=O)c2ccccc2)[C@@H]1OC(=O)c1ccccc1. The van der Waals surface area contributed by atoms with Crippen molar-refractivity contribution in [2.75, 3.05) is 6.61 Å². The maximum Gasteiger partial charge on any atom is 0.468 e. The smallest absolute Gasteiger partial charge is 0.459 e. The number of benzene rings is 4. The minimum atomic E-state index is -5.16. The van der Waals surface area contributed by atoms with Crippen LogP contribution >= 0.6 is 0 Å². The molecule has 1 heterocycles. The molecule has 3 unspecified atom stereocenters. The second kappa shape index (κ2) is 18.8. The van der Waals surface area contributed by atoms with E-state index in [0.717, 1.165) is 0 Å². The molecule has 0 N–H and O–H groups in total. The summed E-state index contributed by atoms with van der Waals surface area (Å²) < 4.78 is 78.6. The Bertz CT molecular complexity index is 1880. The first kappa shape index (κ1) is 39.3. The first-order chi connectivity index (χ1) is 26.0. The molecule has 14 heteroatoms. The highest BCUT2D eigenvalue weighted by molar-refractivity contribution is 5.90. The summed E-state index contributed by atoms with van der Waals surface area (Å²) in [5.74, 6) is -4.77. The van der Waals surface area contributed by atoms with Crippen molar-refractivity contribution in [3.63, 3.8) is 0 Å². The molecular formula is C40H36F3NO10. The van der Waals surface area contributed by atoms with Crippen molar-refractivity contribution in [1.29, 1.82) is 0 Å². The number of alkyl halides is 3. The van der Waals surface area contributed by atoms with Gasteiger partial charge in [-0.05, 0) is 48.9 Å². The molecule has 4 aromatic carbocycles. The summed E-state index contributed by atoms with van der Waals surface area (Å²) in [5.41, 5.74) is 0.694. The number of carbonyl (C=O) groups is 4. The van der Waals surface area contributed by atoms with Gasteiger partial charge >= 0.3 is 24.1 Å². The van der Waals surface area contributed by atoms with Gasteiger partial charge in [0.25, 0.3) is 5.90 Å². The molecule has 5 rings (SSSR count). The third-order valence-corrected chi connectivity index (χ3v) is 7.92. The number of hydrogen-bond donors (Lipinski definition) is 0. The van der Waals surface area contributed by atoms with Crippen LogP contribution in [-0.2, 0) is 44.6 Å². The molecular weight excluding hydrogens is 711 g/mol. The van der Waals surface area contributed by atoms with Crippen LogP contribution in [0.15, 0.2) is 126 Å². The number of carbonyl (C=O) groups excluding carboxylic acids is 4. The number of nitrogens with zero attached hydrogens (tertiary/aromatic N) is 1. The topological polar surface area (TPSA) is 136 Å². The van der Waals surface area contributed by atoms with E-state index < -0.39 is 73.7 Å². The quantitative estimate of drug-likeness (QED) is 0.0576. The Morgan fingerprint density at radius 1 is 0.667 bits per heavy atom. The van der Waals surface area contributed by atoms with Crippen LogP contribution in [0.3, 0.4) is 0 Å². The number of para-hydroxylation sites is 1. The lowest BCUT2D eigenvalue weighted by molar-refractivity contribution is -0.299. The van der Waals surface area contributed by atoms with Crippen molar-refractivity contribution in [3.05, 3.63) is 138 Å². The Hall–Kier alpha value is -5.86. The van der Waals surface area contributed by atoms with E-state index in [1.807, 2.05) is 0 Å². The minimum Gasteiger partial charge on any atom is -0.459 e. The van der Waals surface area contributed by atoms with Crippen molar-refractivity contribution in [3.8, 4) is 0 Å². The highest BCUT2D eigenvalue weighted by Gasteiger charge is 2.54. The monoisotopic (exact) mass is 747 g/mol. The van der Waals surface area contributed by atoms with Crippen LogP contribution in [0.25, 0.3) is 0 Å². The van der Waals surface area contributed by atoms with Gasteiger partial charge in [-0.25, -0.2) is 14.6 Å². The van der Waals surface area contributed by atoms with Crippen molar-refractivity contribution >= 4 is 35.3 Å². The largest absolute Gasteiger partial charge is 0.468 e. The molecule has 1 aliphatic rings. The lowest BCUT2D eigenvalue weighted by Crippen LogP contribution is -2.63. The van der Waals surface area contributed by atoms with E-state index in [2.05, 4.69) is 4.99 Å². The standard InChI is InChI=1S/C40H36F3NO10/c1-26(45)22-23-32(46)52-34-33(53-37(48)29-18-10-4-11-19-29)31(25-50-36(47)28-16-8-3-9-17-28)51-38(35(34)49-24-27-14-6-2-7-15-27)54-39(40(41,42)43)44-30-20-12-5-13-21-30/h2-21,31,33-35,38H,22-25H2,1H3/b44-39+/t31?,33-,34?,35?,38-/m0/s1. The number of halogens is 3. The highest BCUT2D eigenvalue weighted by atomic mass is 19.4. The molecule has 0 bridgehead atoms. The Balaban J connectivity index is 1.58. The molecule has 282 valence electrons. The molecule has 0 aliphatic carbocycles. The molecule has 1 saturated heterocycles. The number of Topliss-reactive ketones (excluding diaryl/α,β-unsaturated/α-hetero) is 1. The van der Waals surface area contributed by atoms with Crippen LogP contribution in [0.4, 0.5) is 18.9 Å². The second-order valence-corrected chi connectivity index (χ2v) is 12.0. The van der Waals surface area contributed by atoms with Gasteiger partial charge in [-0.15, -0.1) is 0 Å². The van der Waals surface area contributed by atoms with Gasteiger partial charge in [0, 0.05) is 6.42 Å². The van der Waals surface area contributed by atoms with Crippen molar-refractivity contribution in [2.24, 2.45) is 4.99 Å². The highest BCUT2D eigenvalue weighted by Crippen LogP contribution is 2.34. The van der Waals surface area contributed by atoms with E-state index in [1.165, 1.54) is 55.5 Å². The fraction of sp³-hybridized carbons (Fsp3) is 0.275. The molecule has 5 atom stereocenters. The zero-order chi connectivity index (χ0) is 38.5. The summed E-state index contributed by atoms with van der Waals surface area (Å²) in [6.07, 6.45) is -14.5. The number of hydrogen-bond acceptors (Lipinski definition) is 11. The number of ether oxygens (including phenoxy) is 6. The Morgan fingerprint density at radius 2 is 1.22 bits per heavy atom. The maximum atomic E-state index is 14.6. The number of esters is 3. The average molecular weight is 748 g/mol. The average Bonchev–Trinajstić information content (AvgIpc) is 3.17. The normalized spacial score (nSPS) is 20.0. The second-order valence-electron chi connectivity index (χ2n) is 12.0. The Kier molecular flexibility index (Phi) is 13.7. The molecule has 4 aromatic rings. The summed E-state index contributed by atoms with van der Waals surface area (Å²) in [6, 6.07) is 31.3. The van der Waals surface area contributed by atoms with Crippen LogP contribution in [0, 0.1) is 0 Å². The predicted octanol–water partition coefficient (Wildman–Crippen LogP) is 6.97. The van der Waals surface area contributed by atoms with Gasteiger partial charge < -0.3 is 33.2 Å². The summed E-state index contributed by atoms with van der Waals surface area (Å²) in [7, 11) is 0. The molecule has 0 radical (unpaired) electrons. The first-order valence-corrected chi connectivity index (χ1v) is 16.8. The van der Waals surface area contributed by atoms with Gasteiger partial charge in [-0.1, -0.05) is 84.9 Å². The molecule has 0 aromatic heterocycles. The van der Waals surface area contributed by atoms with Crippen molar-refractivity contribution < 1.29 is 60.8 Å². The zero-order valence-electron chi connectivity index (χ0n) is 28.9. The van der Waals surface area contributed by atoms with Crippen LogP contribution in [0.1, 0.15) is 46.0 Å². The first-order valence-electron chi connectivity index (χ1n) is 16.8. The van der Waals surface area contributed by atoms with E-state index in [1.54, 1.807) is 72.8 Å². The summed E-state index contributed by atoms with van der Waals surface area (Å²) in [4.78, 5) is 55.3. The van der Waals surface area contributed by atoms with Crippen LogP contribution in [0.5, 0.6) is 0 Å². The summed E-state index contributed by atoms with van der Waals surface area (Å²) in [5, 5.41) is 0. The van der Waals surface area contributed by atoms with E-state index in [-0.39, 0.29) is 35.6 Å². The predicted molar refractivity (Wildman–Crippen MR) is 187 cm³/mol. The molecule has 0 saturated carbocycles. The molecule has 1 fully saturated rings. The minimum absolute atomic E-state index is 0.0775. The lowest BCUT2D eigenvalue weighted by atomic mass is 9.97. The van der Waals surface area contributed by atoms with Gasteiger partial charge in [0.1, 0.15) is 18.5 Å². The van der Waals surface area contributed by atoms with Crippen LogP contribution < -0.4 is 0 Å².